The molecule has 0 unspecified atom stereocenters. The van der Waals surface area contributed by atoms with Gasteiger partial charge in [0.2, 0.25) is 0 Å². The van der Waals surface area contributed by atoms with E-state index >= 15 is 0 Å². The molecule has 0 aliphatic rings. The molecule has 0 bridgehead atoms. The minimum atomic E-state index is -0.881. The maximum atomic E-state index is 10.3. The summed E-state index contributed by atoms with van der Waals surface area (Å²) in [5.41, 5.74) is 5.93. The maximum Gasteiger partial charge on any atom is 0.313 e. The molecule has 74 valence electrons. The molecule has 14 heavy (non-hydrogen) atoms. The number of nitrogens with two attached hydrogens (primary N) is 1. The van der Waals surface area contributed by atoms with Crippen LogP contribution in [0.5, 0.6) is 0 Å². The first kappa shape index (κ1) is 10.6. The molecule has 0 fully saturated rings. The van der Waals surface area contributed by atoms with Crippen LogP contribution in [-0.4, -0.2) is 22.7 Å². The van der Waals surface area contributed by atoms with E-state index < -0.39 is 5.97 Å². The number of carbonyl (C=O) groups is 1. The summed E-state index contributed by atoms with van der Waals surface area (Å²) in [6.07, 6.45) is 0. The van der Waals surface area contributed by atoms with Gasteiger partial charge in [-0.1, -0.05) is 18.2 Å². The number of carboxylic acid groups (broad SMARTS) is 1. The Labute approximate surface area is 85.6 Å². The number of carboxylic acids is 1. The van der Waals surface area contributed by atoms with Gasteiger partial charge in [0, 0.05) is 10.5 Å². The lowest BCUT2D eigenvalue weighted by Crippen LogP contribution is -2.12. The van der Waals surface area contributed by atoms with Crippen molar-refractivity contribution >= 4 is 23.6 Å². The fourth-order valence-electron chi connectivity index (χ4n) is 0.955. The van der Waals surface area contributed by atoms with Gasteiger partial charge in [-0.15, -0.1) is 11.8 Å². The monoisotopic (exact) mass is 210 g/mol. The summed E-state index contributed by atoms with van der Waals surface area (Å²) in [4.78, 5) is 11.1. The molecule has 0 aliphatic carbocycles. The summed E-state index contributed by atoms with van der Waals surface area (Å²) in [6, 6.07) is 7.01. The van der Waals surface area contributed by atoms with Crippen LogP contribution in [0.2, 0.25) is 0 Å². The molecular weight excluding hydrogens is 200 g/mol. The molecule has 4 N–H and O–H groups in total. The van der Waals surface area contributed by atoms with Crippen molar-refractivity contribution in [3.63, 3.8) is 0 Å². The topological polar surface area (TPSA) is 87.2 Å². The van der Waals surface area contributed by atoms with Crippen LogP contribution in [0.25, 0.3) is 0 Å². The lowest BCUT2D eigenvalue weighted by atomic mass is 10.2. The van der Waals surface area contributed by atoms with Gasteiger partial charge < -0.3 is 10.8 Å². The zero-order valence-electron chi connectivity index (χ0n) is 7.36. The summed E-state index contributed by atoms with van der Waals surface area (Å²) in [5, 5.41) is 15.8. The number of hydrogen-bond donors (Lipinski definition) is 3. The van der Waals surface area contributed by atoms with E-state index in [9.17, 15) is 4.79 Å². The van der Waals surface area contributed by atoms with Crippen LogP contribution < -0.4 is 5.73 Å². The van der Waals surface area contributed by atoms with E-state index in [0.717, 1.165) is 16.7 Å². The van der Waals surface area contributed by atoms with E-state index in [-0.39, 0.29) is 11.6 Å². The zero-order chi connectivity index (χ0) is 10.6. The van der Waals surface area contributed by atoms with Crippen molar-refractivity contribution in [1.82, 2.24) is 0 Å². The quantitative estimate of drug-likeness (QED) is 0.395. The van der Waals surface area contributed by atoms with E-state index in [1.165, 1.54) is 0 Å². The van der Waals surface area contributed by atoms with Gasteiger partial charge >= 0.3 is 5.97 Å². The number of amidine groups is 1. The zero-order valence-corrected chi connectivity index (χ0v) is 8.17. The third kappa shape index (κ3) is 2.77. The number of benzene rings is 1. The van der Waals surface area contributed by atoms with Gasteiger partial charge in [0.15, 0.2) is 0 Å². The highest BCUT2D eigenvalue weighted by molar-refractivity contribution is 8.00. The van der Waals surface area contributed by atoms with Crippen molar-refractivity contribution in [3.8, 4) is 0 Å². The number of nitrogens with one attached hydrogen (secondary N) is 1. The third-order valence-electron chi connectivity index (χ3n) is 1.53. The summed E-state index contributed by atoms with van der Waals surface area (Å²) >= 11 is 1.16. The van der Waals surface area contributed by atoms with Crippen molar-refractivity contribution in [1.29, 1.82) is 5.41 Å². The lowest BCUT2D eigenvalue weighted by molar-refractivity contribution is -0.133. The number of nitrogen functional groups attached to an aromatic ring is 1. The van der Waals surface area contributed by atoms with Gasteiger partial charge in [-0.25, -0.2) is 0 Å². The third-order valence-corrected chi connectivity index (χ3v) is 2.59. The molecule has 5 heteroatoms. The number of thioether (sulfide) groups is 1. The van der Waals surface area contributed by atoms with Gasteiger partial charge in [-0.2, -0.15) is 0 Å². The number of aliphatic carboxylic acids is 1. The predicted octanol–water partition coefficient (Wildman–Crippen LogP) is 1.15. The van der Waals surface area contributed by atoms with Gasteiger partial charge in [0.25, 0.3) is 0 Å². The van der Waals surface area contributed by atoms with E-state index in [4.69, 9.17) is 16.2 Å². The van der Waals surface area contributed by atoms with E-state index in [0.29, 0.717) is 5.56 Å². The second-order valence-corrected chi connectivity index (χ2v) is 3.61. The van der Waals surface area contributed by atoms with E-state index in [2.05, 4.69) is 0 Å². The molecule has 1 aromatic rings. The van der Waals surface area contributed by atoms with Crippen molar-refractivity contribution in [3.05, 3.63) is 29.8 Å². The molecule has 0 atom stereocenters. The summed E-state index contributed by atoms with van der Waals surface area (Å²) < 4.78 is 0. The van der Waals surface area contributed by atoms with Crippen molar-refractivity contribution < 1.29 is 9.90 Å². The van der Waals surface area contributed by atoms with Crippen LogP contribution in [0.3, 0.4) is 0 Å². The van der Waals surface area contributed by atoms with Crippen molar-refractivity contribution in [2.24, 2.45) is 5.73 Å². The highest BCUT2D eigenvalue weighted by atomic mass is 32.2. The maximum absolute atomic E-state index is 10.3. The largest absolute Gasteiger partial charge is 0.481 e. The summed E-state index contributed by atoms with van der Waals surface area (Å²) in [6.45, 7) is 0. The Bertz CT molecular complexity index is 366. The Morgan fingerprint density at radius 1 is 1.50 bits per heavy atom. The Morgan fingerprint density at radius 3 is 2.71 bits per heavy atom. The minimum Gasteiger partial charge on any atom is -0.481 e. The fraction of sp³-hybridized carbons (Fsp3) is 0.111. The molecule has 0 aliphatic heterocycles. The van der Waals surface area contributed by atoms with Gasteiger partial charge in [-0.05, 0) is 6.07 Å². The molecule has 0 spiro atoms. The highest BCUT2D eigenvalue weighted by Gasteiger charge is 2.06. The number of rotatable bonds is 4. The fourth-order valence-corrected chi connectivity index (χ4v) is 1.74. The first-order valence-corrected chi connectivity index (χ1v) is 4.88. The normalized spacial score (nSPS) is 9.71. The first-order valence-electron chi connectivity index (χ1n) is 3.89. The molecule has 0 amide bonds. The van der Waals surface area contributed by atoms with Crippen LogP contribution in [0, 0.1) is 5.41 Å². The van der Waals surface area contributed by atoms with Crippen LogP contribution in [-0.2, 0) is 4.79 Å². The molecule has 1 aromatic carbocycles. The average Bonchev–Trinajstić information content (AvgIpc) is 2.15. The van der Waals surface area contributed by atoms with Crippen LogP contribution >= 0.6 is 11.8 Å². The Balaban J connectivity index is 2.84. The molecule has 0 aromatic heterocycles. The standard InChI is InChI=1S/C9H10N2O2S/c10-9(11)6-3-1-2-4-7(6)14-5-8(12)13/h1-4H,5H2,(H3,10,11)(H,12,13). The van der Waals surface area contributed by atoms with Crippen molar-refractivity contribution in [2.45, 2.75) is 4.90 Å². The molecule has 0 radical (unpaired) electrons. The summed E-state index contributed by atoms with van der Waals surface area (Å²) in [5.74, 6) is -0.948. The molecule has 1 rings (SSSR count). The Morgan fingerprint density at radius 2 is 2.14 bits per heavy atom. The lowest BCUT2D eigenvalue weighted by Gasteiger charge is -2.05. The smallest absolute Gasteiger partial charge is 0.313 e. The molecule has 4 nitrogen and oxygen atoms in total. The molecular formula is C9H10N2O2S. The SMILES string of the molecule is N=C(N)c1ccccc1SCC(=O)O. The summed E-state index contributed by atoms with van der Waals surface area (Å²) in [7, 11) is 0. The minimum absolute atomic E-state index is 0.0235. The highest BCUT2D eigenvalue weighted by Crippen LogP contribution is 2.21. The molecule has 0 saturated heterocycles. The average molecular weight is 210 g/mol. The van der Waals surface area contributed by atoms with Gasteiger partial charge in [0.05, 0.1) is 5.75 Å². The van der Waals surface area contributed by atoms with Crippen molar-refractivity contribution in [2.75, 3.05) is 5.75 Å². The second-order valence-electron chi connectivity index (χ2n) is 2.59. The van der Waals surface area contributed by atoms with Gasteiger partial charge in [-0.3, -0.25) is 10.2 Å². The van der Waals surface area contributed by atoms with Crippen LogP contribution in [0.15, 0.2) is 29.2 Å². The molecule has 0 saturated carbocycles. The second kappa shape index (κ2) is 4.66. The molecule has 0 heterocycles. The van der Waals surface area contributed by atoms with Crippen LogP contribution in [0.4, 0.5) is 0 Å². The predicted molar refractivity (Wildman–Crippen MR) is 55.8 cm³/mol. The Kier molecular flexibility index (Phi) is 3.53. The number of hydrogen-bond acceptors (Lipinski definition) is 3. The van der Waals surface area contributed by atoms with E-state index in [1.54, 1.807) is 24.3 Å². The van der Waals surface area contributed by atoms with Gasteiger partial charge in [0.1, 0.15) is 5.84 Å². The van der Waals surface area contributed by atoms with E-state index in [1.807, 2.05) is 0 Å². The van der Waals surface area contributed by atoms with Crippen LogP contribution in [0.1, 0.15) is 5.56 Å². The first-order chi connectivity index (χ1) is 6.61. The Hall–Kier alpha value is -1.49.